The third kappa shape index (κ3) is 10.8. The molecule has 0 radical (unpaired) electrons. The van der Waals surface area contributed by atoms with E-state index in [0.717, 1.165) is 77.0 Å². The summed E-state index contributed by atoms with van der Waals surface area (Å²) in [7, 11) is -4.14. The van der Waals surface area contributed by atoms with Crippen LogP contribution < -0.4 is 10.6 Å². The van der Waals surface area contributed by atoms with Gasteiger partial charge in [-0.15, -0.1) is 0 Å². The molecule has 1 aromatic heterocycles. The van der Waals surface area contributed by atoms with E-state index in [-0.39, 0.29) is 18.3 Å². The quantitative estimate of drug-likeness (QED) is 0.160. The maximum Gasteiger partial charge on any atom is 0.243 e. The van der Waals surface area contributed by atoms with Gasteiger partial charge in [0.25, 0.3) is 0 Å². The normalized spacial score (nSPS) is 22.8. The number of aliphatic hydroxyl groups excluding tert-OH is 2. The molecule has 13 nitrogen and oxygen atoms in total. The number of ether oxygens (including phenoxy) is 1. The average molecular weight is 736 g/mol. The Morgan fingerprint density at radius 3 is 2.10 bits per heavy atom. The highest BCUT2D eigenvalue weighted by Crippen LogP contribution is 2.36. The topological polar surface area (TPSA) is 191 Å². The molecule has 0 bridgehead atoms. The molecule has 1 aromatic rings. The zero-order valence-electron chi connectivity index (χ0n) is 30.6. The van der Waals surface area contributed by atoms with Gasteiger partial charge in [-0.1, -0.05) is 64.2 Å². The number of hydrogen-bond acceptors (Lipinski definition) is 9. The largest absolute Gasteiger partial charge is 0.390 e. The minimum Gasteiger partial charge on any atom is -0.390 e. The van der Waals surface area contributed by atoms with Crippen molar-refractivity contribution in [2.24, 2.45) is 23.7 Å². The second-order valence-electron chi connectivity index (χ2n) is 16.1. The lowest BCUT2D eigenvalue weighted by atomic mass is 9.82. The standard InChI is InChI=1S/C37H61N5O8S/c1-37(2,36(47)42-15-17-50-18-16-42)51(48,49)23-28(19-25-9-5-3-6-10-25)34(45)41-31(21-29-22-38-24-39-29)35(46)40-30(20-26-11-7-4-8-12-26)33(44)32(43)27-13-14-27/h22,24-28,30-33,43-44H,3-21,23H2,1-2H3,(H,38,39)(H,40,46)(H,41,45)/t28-,30+,31+,32+,33-/m1/s1. The van der Waals surface area contributed by atoms with E-state index in [0.29, 0.717) is 50.8 Å². The number of rotatable bonds is 17. The van der Waals surface area contributed by atoms with Crippen LogP contribution in [-0.4, -0.2) is 112 Å². The molecule has 51 heavy (non-hydrogen) atoms. The summed E-state index contributed by atoms with van der Waals surface area (Å²) < 4.78 is 31.8. The van der Waals surface area contributed by atoms with Gasteiger partial charge >= 0.3 is 0 Å². The maximum atomic E-state index is 14.3. The fourth-order valence-electron chi connectivity index (χ4n) is 8.25. The van der Waals surface area contributed by atoms with Crippen molar-refractivity contribution >= 4 is 27.6 Å². The van der Waals surface area contributed by atoms with Gasteiger partial charge in [0.05, 0.1) is 43.4 Å². The number of carbonyl (C=O) groups is 3. The molecule has 1 aliphatic heterocycles. The number of nitrogens with zero attached hydrogens (tertiary/aromatic N) is 2. The number of H-pyrrole nitrogens is 1. The molecule has 4 fully saturated rings. The molecule has 0 unspecified atom stereocenters. The first-order valence-corrected chi connectivity index (χ1v) is 21.0. The number of nitrogens with one attached hydrogen (secondary N) is 3. The summed E-state index contributed by atoms with van der Waals surface area (Å²) >= 11 is 0. The molecule has 5 N–H and O–H groups in total. The highest BCUT2D eigenvalue weighted by molar-refractivity contribution is 7.93. The smallest absolute Gasteiger partial charge is 0.243 e. The Morgan fingerprint density at radius 1 is 0.922 bits per heavy atom. The van der Waals surface area contributed by atoms with Crippen molar-refractivity contribution in [2.75, 3.05) is 32.1 Å². The Kier molecular flexibility index (Phi) is 14.0. The second-order valence-corrected chi connectivity index (χ2v) is 18.7. The Balaban J connectivity index is 1.36. The summed E-state index contributed by atoms with van der Waals surface area (Å²) in [5.74, 6) is -2.60. The average Bonchev–Trinajstić information content (AvgIpc) is 3.86. The number of carbonyl (C=O) groups excluding carboxylic acids is 3. The summed E-state index contributed by atoms with van der Waals surface area (Å²) in [5, 5.41) is 28.2. The number of aliphatic hydroxyl groups is 2. The van der Waals surface area contributed by atoms with Gasteiger partial charge in [-0.05, 0) is 57.3 Å². The molecule has 5 rings (SSSR count). The maximum absolute atomic E-state index is 14.3. The predicted octanol–water partition coefficient (Wildman–Crippen LogP) is 2.66. The van der Waals surface area contributed by atoms with Gasteiger partial charge in [0.1, 0.15) is 16.9 Å². The summed E-state index contributed by atoms with van der Waals surface area (Å²) in [4.78, 5) is 50.6. The van der Waals surface area contributed by atoms with Crippen molar-refractivity contribution in [1.82, 2.24) is 25.5 Å². The van der Waals surface area contributed by atoms with Crippen molar-refractivity contribution in [3.05, 3.63) is 18.2 Å². The first-order valence-electron chi connectivity index (χ1n) is 19.4. The molecule has 4 aliphatic rings. The van der Waals surface area contributed by atoms with Crippen LogP contribution in [0.2, 0.25) is 0 Å². The van der Waals surface area contributed by atoms with Gasteiger partial charge in [-0.2, -0.15) is 0 Å². The monoisotopic (exact) mass is 735 g/mol. The van der Waals surface area contributed by atoms with E-state index >= 15 is 0 Å². The van der Waals surface area contributed by atoms with Crippen LogP contribution in [0.25, 0.3) is 0 Å². The van der Waals surface area contributed by atoms with E-state index in [2.05, 4.69) is 20.6 Å². The Bertz CT molecular complexity index is 1380. The Morgan fingerprint density at radius 2 is 1.53 bits per heavy atom. The molecule has 3 saturated carbocycles. The molecule has 5 atom stereocenters. The van der Waals surface area contributed by atoms with Gasteiger partial charge in [0.15, 0.2) is 9.84 Å². The lowest BCUT2D eigenvalue weighted by molar-refractivity contribution is -0.137. The van der Waals surface area contributed by atoms with Crippen molar-refractivity contribution in [3.63, 3.8) is 0 Å². The van der Waals surface area contributed by atoms with Gasteiger partial charge in [0.2, 0.25) is 17.7 Å². The number of morpholine rings is 1. The van der Waals surface area contributed by atoms with Gasteiger partial charge in [-0.3, -0.25) is 14.4 Å². The van der Waals surface area contributed by atoms with Crippen molar-refractivity contribution in [2.45, 2.75) is 139 Å². The van der Waals surface area contributed by atoms with E-state index in [1.807, 2.05) is 0 Å². The van der Waals surface area contributed by atoms with Crippen LogP contribution in [0.15, 0.2) is 12.5 Å². The van der Waals surface area contributed by atoms with Crippen LogP contribution >= 0.6 is 0 Å². The van der Waals surface area contributed by atoms with Crippen LogP contribution in [0, 0.1) is 23.7 Å². The summed E-state index contributed by atoms with van der Waals surface area (Å²) in [6.45, 7) is 4.12. The summed E-state index contributed by atoms with van der Waals surface area (Å²) in [5.41, 5.74) is 0.603. The number of aromatic nitrogens is 2. The van der Waals surface area contributed by atoms with Crippen LogP contribution in [0.5, 0.6) is 0 Å². The molecule has 0 aromatic carbocycles. The fourth-order valence-corrected chi connectivity index (χ4v) is 9.88. The van der Waals surface area contributed by atoms with Gasteiger partial charge in [-0.25, -0.2) is 13.4 Å². The molecular weight excluding hydrogens is 675 g/mol. The Labute approximate surface area is 303 Å². The zero-order chi connectivity index (χ0) is 36.6. The van der Waals surface area contributed by atoms with E-state index < -0.39 is 68.3 Å². The summed E-state index contributed by atoms with van der Waals surface area (Å²) in [6.07, 6.45) is 13.8. The fraction of sp³-hybridized carbons (Fsp3) is 0.838. The molecule has 2 heterocycles. The lowest BCUT2D eigenvalue weighted by Gasteiger charge is -2.35. The number of amides is 3. The number of hydrogen-bond donors (Lipinski definition) is 5. The third-order valence-corrected chi connectivity index (χ3v) is 14.4. The van der Waals surface area contributed by atoms with E-state index in [9.17, 15) is 33.0 Å². The van der Waals surface area contributed by atoms with Crippen molar-refractivity contribution in [1.29, 1.82) is 0 Å². The van der Waals surface area contributed by atoms with Crippen LogP contribution in [0.3, 0.4) is 0 Å². The van der Waals surface area contributed by atoms with Crippen molar-refractivity contribution < 1.29 is 37.8 Å². The second kappa shape index (κ2) is 18.0. The minimum atomic E-state index is -4.14. The van der Waals surface area contributed by atoms with Gasteiger partial charge in [0, 0.05) is 31.4 Å². The first-order chi connectivity index (χ1) is 24.4. The lowest BCUT2D eigenvalue weighted by Crippen LogP contribution is -2.57. The molecule has 3 amide bonds. The Hall–Kier alpha value is -2.55. The van der Waals surface area contributed by atoms with Crippen LogP contribution in [0.1, 0.15) is 109 Å². The van der Waals surface area contributed by atoms with E-state index in [1.165, 1.54) is 25.1 Å². The molecule has 288 valence electrons. The minimum absolute atomic E-state index is 0.00752. The first kappa shape index (κ1) is 39.7. The van der Waals surface area contributed by atoms with Crippen LogP contribution in [-0.2, 0) is 35.4 Å². The molecule has 14 heteroatoms. The molecule has 1 saturated heterocycles. The number of sulfone groups is 1. The third-order valence-electron chi connectivity index (χ3n) is 11.8. The summed E-state index contributed by atoms with van der Waals surface area (Å²) in [6, 6.07) is -1.81. The van der Waals surface area contributed by atoms with Gasteiger partial charge < -0.3 is 35.5 Å². The molecule has 0 spiro atoms. The number of aromatic amines is 1. The van der Waals surface area contributed by atoms with Crippen molar-refractivity contribution in [3.8, 4) is 0 Å². The van der Waals surface area contributed by atoms with Crippen LogP contribution in [0.4, 0.5) is 0 Å². The SMILES string of the molecule is CC(C)(C(=O)N1CCOCC1)S(=O)(=O)C[C@@H](CC1CCCCC1)C(=O)N[C@@H](Cc1cnc[nH]1)C(=O)N[C@@H](CC1CCCCC1)[C@@H](O)[C@@H](O)C1CC1. The highest BCUT2D eigenvalue weighted by atomic mass is 32.2. The predicted molar refractivity (Wildman–Crippen MR) is 192 cm³/mol. The molecule has 3 aliphatic carbocycles. The van der Waals surface area contributed by atoms with E-state index in [1.54, 1.807) is 6.20 Å². The zero-order valence-corrected chi connectivity index (χ0v) is 31.4. The highest BCUT2D eigenvalue weighted by Gasteiger charge is 2.47. The number of imidazole rings is 1. The van der Waals surface area contributed by atoms with E-state index in [4.69, 9.17) is 4.74 Å². The molecular formula is C37H61N5O8S.